The van der Waals surface area contributed by atoms with Gasteiger partial charge in [-0.1, -0.05) is 71.5 Å². The van der Waals surface area contributed by atoms with Crippen LogP contribution < -0.4 is 0 Å². The Balaban J connectivity index is 1.96. The predicted octanol–water partition coefficient (Wildman–Crippen LogP) is 5.33. The first-order valence-corrected chi connectivity index (χ1v) is 9.11. The van der Waals surface area contributed by atoms with E-state index in [1.54, 1.807) is 0 Å². The van der Waals surface area contributed by atoms with Crippen molar-refractivity contribution in [2.75, 3.05) is 0 Å². The number of rotatable bonds is 2. The van der Waals surface area contributed by atoms with Crippen molar-refractivity contribution in [3.05, 3.63) is 71.8 Å². The van der Waals surface area contributed by atoms with Crippen LogP contribution in [0, 0.1) is 0 Å². The Morgan fingerprint density at radius 3 is 2.00 bits per heavy atom. The molecule has 4 heteroatoms. The molecule has 1 fully saturated rings. The zero-order chi connectivity index (χ0) is 12.4. The lowest BCUT2D eigenvalue weighted by molar-refractivity contribution is 0.897. The Bertz CT molecular complexity index is 506. The zero-order valence-electron chi connectivity index (χ0n) is 9.70. The molecule has 1 aliphatic rings. The fourth-order valence-corrected chi connectivity index (χ4v) is 7.07. The average Bonchev–Trinajstić information content (AvgIpc) is 2.83. The van der Waals surface area contributed by atoms with E-state index in [0.29, 0.717) is 15.9 Å². The molecule has 18 heavy (non-hydrogen) atoms. The molecule has 0 nitrogen and oxygen atoms in total. The molecule has 0 saturated carbocycles. The van der Waals surface area contributed by atoms with Gasteiger partial charge in [0.15, 0.2) is 0 Å². The molecule has 0 spiro atoms. The Hall–Kier alpha value is -0.315. The quantitative estimate of drug-likeness (QED) is 0.537. The van der Waals surface area contributed by atoms with E-state index in [4.69, 9.17) is 0 Å². The summed E-state index contributed by atoms with van der Waals surface area (Å²) in [5.74, 6) is 0.531. The minimum absolute atomic E-state index is 0.482. The normalized spacial score (nSPS) is 23.3. The molecule has 1 saturated heterocycles. The highest BCUT2D eigenvalue weighted by atomic mass is 79.9. The maximum Gasteiger partial charge on any atom is 0.308 e. The zero-order valence-corrected chi connectivity index (χ0v) is 12.9. The van der Waals surface area contributed by atoms with Crippen LogP contribution in [-0.4, -0.2) is 4.82 Å². The van der Waals surface area contributed by atoms with Gasteiger partial charge in [0.1, 0.15) is 0 Å². The second-order valence-electron chi connectivity index (χ2n) is 4.31. The van der Waals surface area contributed by atoms with E-state index in [-0.39, 0.29) is 0 Å². The highest BCUT2D eigenvalue weighted by Crippen LogP contribution is 2.59. The SMILES string of the molecule is BrB1SSC(c2ccccc2)C1c1ccccc1. The summed E-state index contributed by atoms with van der Waals surface area (Å²) in [4.78, 5) is 0.482. The Labute approximate surface area is 124 Å². The van der Waals surface area contributed by atoms with Crippen LogP contribution in [-0.2, 0) is 0 Å². The molecule has 3 rings (SSSR count). The van der Waals surface area contributed by atoms with Crippen molar-refractivity contribution in [2.45, 2.75) is 11.1 Å². The molecule has 2 aromatic rings. The van der Waals surface area contributed by atoms with Crippen LogP contribution in [0.5, 0.6) is 0 Å². The molecule has 2 atom stereocenters. The first-order chi connectivity index (χ1) is 8.86. The second kappa shape index (κ2) is 5.76. The standard InChI is InChI=1S/C14H12BBrS2/c16-15-13(11-7-3-1-4-8-11)14(17-18-15)12-9-5-2-6-10-12/h1-10,13-14H. The van der Waals surface area contributed by atoms with Crippen LogP contribution in [0.4, 0.5) is 0 Å². The molecule has 2 aromatic carbocycles. The van der Waals surface area contributed by atoms with Gasteiger partial charge < -0.3 is 0 Å². The molecular formula is C14H12BBrS2. The second-order valence-corrected chi connectivity index (χ2v) is 8.46. The summed E-state index contributed by atoms with van der Waals surface area (Å²) >= 11 is 3.82. The molecule has 2 unspecified atom stereocenters. The predicted molar refractivity (Wildman–Crippen MR) is 88.2 cm³/mol. The lowest BCUT2D eigenvalue weighted by Gasteiger charge is -2.19. The van der Waals surface area contributed by atoms with Gasteiger partial charge in [0.2, 0.25) is 0 Å². The third-order valence-corrected chi connectivity index (χ3v) is 7.98. The van der Waals surface area contributed by atoms with Gasteiger partial charge in [-0.05, 0) is 11.1 Å². The fraction of sp³-hybridized carbons (Fsp3) is 0.143. The van der Waals surface area contributed by atoms with E-state index in [9.17, 15) is 0 Å². The molecule has 0 N–H and O–H groups in total. The first kappa shape index (κ1) is 12.7. The van der Waals surface area contributed by atoms with Gasteiger partial charge in [-0.15, -0.1) is 26.4 Å². The summed E-state index contributed by atoms with van der Waals surface area (Å²) in [5.41, 5.74) is 2.84. The number of benzene rings is 2. The van der Waals surface area contributed by atoms with Gasteiger partial charge >= 0.3 is 4.82 Å². The number of hydrogen-bond donors (Lipinski definition) is 0. The van der Waals surface area contributed by atoms with Gasteiger partial charge in [-0.25, -0.2) is 0 Å². The lowest BCUT2D eigenvalue weighted by atomic mass is 9.75. The maximum absolute atomic E-state index is 3.82. The molecule has 1 aliphatic heterocycles. The molecule has 0 radical (unpaired) electrons. The van der Waals surface area contributed by atoms with E-state index in [1.807, 2.05) is 21.4 Å². The minimum atomic E-state index is 0.482. The van der Waals surface area contributed by atoms with Crippen molar-refractivity contribution in [1.29, 1.82) is 0 Å². The molecule has 1 heterocycles. The van der Waals surface area contributed by atoms with Crippen molar-refractivity contribution in [3.8, 4) is 0 Å². The molecular weight excluding hydrogens is 323 g/mol. The summed E-state index contributed by atoms with van der Waals surface area (Å²) < 4.78 is 0. The van der Waals surface area contributed by atoms with E-state index < -0.39 is 0 Å². The average molecular weight is 335 g/mol. The third kappa shape index (κ3) is 2.51. The van der Waals surface area contributed by atoms with Crippen molar-refractivity contribution in [2.24, 2.45) is 0 Å². The molecule has 0 aromatic heterocycles. The van der Waals surface area contributed by atoms with E-state index in [1.165, 1.54) is 11.1 Å². The Kier molecular flexibility index (Phi) is 4.07. The monoisotopic (exact) mass is 334 g/mol. The van der Waals surface area contributed by atoms with Crippen molar-refractivity contribution < 1.29 is 0 Å². The van der Waals surface area contributed by atoms with Crippen LogP contribution in [0.15, 0.2) is 60.7 Å². The Morgan fingerprint density at radius 1 is 0.833 bits per heavy atom. The third-order valence-electron chi connectivity index (χ3n) is 3.17. The highest BCUT2D eigenvalue weighted by Gasteiger charge is 2.40. The van der Waals surface area contributed by atoms with Crippen molar-refractivity contribution in [3.63, 3.8) is 0 Å². The molecule has 0 amide bonds. The van der Waals surface area contributed by atoms with Crippen LogP contribution in [0.1, 0.15) is 22.2 Å². The summed E-state index contributed by atoms with van der Waals surface area (Å²) in [7, 11) is 3.91. The topological polar surface area (TPSA) is 0 Å². The summed E-state index contributed by atoms with van der Waals surface area (Å²) in [6.45, 7) is 0. The largest absolute Gasteiger partial charge is 0.308 e. The summed E-state index contributed by atoms with van der Waals surface area (Å²) in [5, 5.41) is 0.531. The van der Waals surface area contributed by atoms with Gasteiger partial charge in [-0.3, -0.25) is 0 Å². The minimum Gasteiger partial charge on any atom is -0.138 e. The highest BCUT2D eigenvalue weighted by molar-refractivity contribution is 9.33. The van der Waals surface area contributed by atoms with E-state index in [2.05, 4.69) is 76.4 Å². The fourth-order valence-electron chi connectivity index (χ4n) is 2.28. The number of hydrogen-bond acceptors (Lipinski definition) is 2. The number of halogens is 1. The van der Waals surface area contributed by atoms with Crippen LogP contribution >= 0.6 is 37.2 Å². The summed E-state index contributed by atoms with van der Waals surface area (Å²) in [6.07, 6.45) is 0. The van der Waals surface area contributed by atoms with Crippen LogP contribution in [0.25, 0.3) is 0 Å². The van der Waals surface area contributed by atoms with Crippen molar-refractivity contribution in [1.82, 2.24) is 0 Å². The molecule has 0 aliphatic carbocycles. The van der Waals surface area contributed by atoms with E-state index in [0.717, 1.165) is 0 Å². The van der Waals surface area contributed by atoms with Gasteiger partial charge in [0.05, 0.1) is 0 Å². The van der Waals surface area contributed by atoms with Gasteiger partial charge in [-0.2, -0.15) is 0 Å². The molecule has 0 bridgehead atoms. The lowest BCUT2D eigenvalue weighted by Crippen LogP contribution is -2.13. The molecule has 90 valence electrons. The van der Waals surface area contributed by atoms with Crippen LogP contribution in [0.2, 0.25) is 0 Å². The Morgan fingerprint density at radius 2 is 1.39 bits per heavy atom. The first-order valence-electron chi connectivity index (χ1n) is 5.92. The van der Waals surface area contributed by atoms with E-state index >= 15 is 0 Å². The van der Waals surface area contributed by atoms with Gasteiger partial charge in [0, 0.05) is 11.1 Å². The van der Waals surface area contributed by atoms with Crippen molar-refractivity contribution >= 4 is 42.0 Å². The summed E-state index contributed by atoms with van der Waals surface area (Å²) in [6, 6.07) is 21.6. The maximum atomic E-state index is 3.82. The smallest absolute Gasteiger partial charge is 0.138 e. The van der Waals surface area contributed by atoms with Crippen LogP contribution in [0.3, 0.4) is 0 Å². The van der Waals surface area contributed by atoms with Gasteiger partial charge in [0.25, 0.3) is 0 Å².